The van der Waals surface area contributed by atoms with Gasteiger partial charge in [0.2, 0.25) is 0 Å². The molecule has 1 atom stereocenters. The molecule has 2 heterocycles. The lowest BCUT2D eigenvalue weighted by atomic mass is 10.0. The zero-order chi connectivity index (χ0) is 15.2. The molecule has 0 spiro atoms. The van der Waals surface area contributed by atoms with Gasteiger partial charge in [0.25, 0.3) is 0 Å². The van der Waals surface area contributed by atoms with Crippen LogP contribution in [0, 0.1) is 0 Å². The average molecular weight is 322 g/mol. The highest BCUT2D eigenvalue weighted by molar-refractivity contribution is 7.10. The predicted octanol–water partition coefficient (Wildman–Crippen LogP) is 3.94. The average Bonchev–Trinajstić information content (AvgIpc) is 2.95. The van der Waals surface area contributed by atoms with Crippen LogP contribution in [-0.2, 0) is 22.6 Å². The Labute approximate surface area is 133 Å². The molecule has 3 nitrogen and oxygen atoms in total. The molecule has 0 radical (unpaired) electrons. The highest BCUT2D eigenvalue weighted by Crippen LogP contribution is 2.32. The maximum absolute atomic E-state index is 8.12. The summed E-state index contributed by atoms with van der Waals surface area (Å²) >= 11 is 8.18. The minimum absolute atomic E-state index is 0.250. The Hall–Kier alpha value is -1.45. The second-order valence-corrected chi connectivity index (χ2v) is 6.28. The smallest absolute Gasteiger partial charge is 0.292 e. The lowest BCUT2D eigenvalue weighted by molar-refractivity contribution is -0.191. The van der Waals surface area contributed by atoms with E-state index in [1.165, 1.54) is 17.5 Å². The highest BCUT2D eigenvalue weighted by Gasteiger charge is 2.23. The summed E-state index contributed by atoms with van der Waals surface area (Å²) in [7, 11) is 0. The van der Waals surface area contributed by atoms with E-state index in [-0.39, 0.29) is 6.15 Å². The molecular formula is C16H16ClNO2S. The van der Waals surface area contributed by atoms with Crippen LogP contribution in [-0.4, -0.2) is 17.6 Å². The van der Waals surface area contributed by atoms with Crippen LogP contribution in [0.3, 0.4) is 0 Å². The molecule has 1 aromatic carbocycles. The molecule has 0 N–H and O–H groups in total. The van der Waals surface area contributed by atoms with Gasteiger partial charge in [-0.3, -0.25) is 4.90 Å². The van der Waals surface area contributed by atoms with Crippen molar-refractivity contribution in [3.8, 4) is 0 Å². The quantitative estimate of drug-likeness (QED) is 0.841. The van der Waals surface area contributed by atoms with E-state index in [1.807, 2.05) is 23.5 Å². The van der Waals surface area contributed by atoms with Crippen LogP contribution in [0.2, 0.25) is 5.02 Å². The van der Waals surface area contributed by atoms with Crippen LogP contribution >= 0.6 is 22.9 Å². The van der Waals surface area contributed by atoms with E-state index in [4.69, 9.17) is 21.2 Å². The summed E-state index contributed by atoms with van der Waals surface area (Å²) in [6.45, 7) is 4.42. The van der Waals surface area contributed by atoms with Crippen LogP contribution in [0.4, 0.5) is 0 Å². The Balaban J connectivity index is 0.000000497. The Morgan fingerprint density at radius 1 is 1.29 bits per heavy atom. The molecule has 0 amide bonds. The first-order valence-electron chi connectivity index (χ1n) is 6.70. The largest absolute Gasteiger partial charge is 0.373 e. The fourth-order valence-corrected chi connectivity index (χ4v) is 3.79. The first kappa shape index (κ1) is 15.9. The lowest BCUT2D eigenvalue weighted by Gasteiger charge is -2.33. The molecule has 1 aromatic heterocycles. The van der Waals surface area contributed by atoms with Crippen LogP contribution < -0.4 is 0 Å². The van der Waals surface area contributed by atoms with Gasteiger partial charge in [0.1, 0.15) is 0 Å². The molecule has 1 aliphatic heterocycles. The summed E-state index contributed by atoms with van der Waals surface area (Å²) in [6.07, 6.45) is 1.42. The minimum Gasteiger partial charge on any atom is -0.292 e. The van der Waals surface area contributed by atoms with Gasteiger partial charge in [-0.2, -0.15) is 9.59 Å². The van der Waals surface area contributed by atoms with Gasteiger partial charge in [-0.1, -0.05) is 29.8 Å². The molecule has 1 aliphatic rings. The zero-order valence-corrected chi connectivity index (χ0v) is 13.3. The topological polar surface area (TPSA) is 37.4 Å². The van der Waals surface area contributed by atoms with Crippen molar-refractivity contribution in [2.75, 3.05) is 6.54 Å². The van der Waals surface area contributed by atoms with Crippen LogP contribution in [0.25, 0.3) is 0 Å². The third-order valence-corrected chi connectivity index (χ3v) is 5.11. The number of hydrogen-bond donors (Lipinski definition) is 0. The van der Waals surface area contributed by atoms with Crippen LogP contribution in [0.15, 0.2) is 35.7 Å². The van der Waals surface area contributed by atoms with Gasteiger partial charge in [-0.15, -0.1) is 11.3 Å². The van der Waals surface area contributed by atoms with Crippen LogP contribution in [0.5, 0.6) is 0 Å². The van der Waals surface area contributed by atoms with Crippen molar-refractivity contribution >= 4 is 29.1 Å². The summed E-state index contributed by atoms with van der Waals surface area (Å²) in [5.74, 6) is 0. The Morgan fingerprint density at radius 3 is 2.71 bits per heavy atom. The Morgan fingerprint density at radius 2 is 2.00 bits per heavy atom. The molecule has 110 valence electrons. The van der Waals surface area contributed by atoms with Crippen molar-refractivity contribution in [1.82, 2.24) is 4.90 Å². The number of hydrogen-bond acceptors (Lipinski definition) is 4. The molecule has 5 heteroatoms. The second-order valence-electron chi connectivity index (χ2n) is 4.87. The van der Waals surface area contributed by atoms with Gasteiger partial charge in [-0.25, -0.2) is 0 Å². The van der Waals surface area contributed by atoms with Gasteiger partial charge in [0.05, 0.1) is 0 Å². The molecule has 0 unspecified atom stereocenters. The summed E-state index contributed by atoms with van der Waals surface area (Å²) in [5.41, 5.74) is 2.72. The normalized spacial score (nSPS) is 15.3. The molecule has 3 rings (SSSR count). The summed E-state index contributed by atoms with van der Waals surface area (Å²) in [4.78, 5) is 20.3. The maximum atomic E-state index is 8.12. The fourth-order valence-electron chi connectivity index (χ4n) is 2.61. The van der Waals surface area contributed by atoms with Gasteiger partial charge < -0.3 is 0 Å². The summed E-state index contributed by atoms with van der Waals surface area (Å²) in [6, 6.07) is 10.8. The van der Waals surface area contributed by atoms with Crippen molar-refractivity contribution in [2.45, 2.75) is 25.9 Å². The number of benzene rings is 1. The molecule has 0 saturated carbocycles. The van der Waals surface area contributed by atoms with Crippen molar-refractivity contribution in [2.24, 2.45) is 0 Å². The maximum Gasteiger partial charge on any atom is 0.373 e. The Bertz CT molecular complexity index is 635. The van der Waals surface area contributed by atoms with E-state index in [1.54, 1.807) is 4.88 Å². The molecule has 0 saturated heterocycles. The third kappa shape index (κ3) is 3.80. The number of thiophene rings is 1. The van der Waals surface area contributed by atoms with E-state index >= 15 is 0 Å². The van der Waals surface area contributed by atoms with E-state index < -0.39 is 0 Å². The summed E-state index contributed by atoms with van der Waals surface area (Å²) < 4.78 is 0. The Kier molecular flexibility index (Phi) is 5.71. The van der Waals surface area contributed by atoms with Crippen molar-refractivity contribution in [3.63, 3.8) is 0 Å². The van der Waals surface area contributed by atoms with E-state index in [0.717, 1.165) is 18.1 Å². The van der Waals surface area contributed by atoms with E-state index in [9.17, 15) is 0 Å². The fraction of sp³-hybridized carbons (Fsp3) is 0.312. The summed E-state index contributed by atoms with van der Waals surface area (Å²) in [5, 5.41) is 3.08. The highest BCUT2D eigenvalue weighted by atomic mass is 35.5. The number of halogens is 1. The minimum atomic E-state index is 0.250. The number of fused-ring (bicyclic) bond motifs is 1. The van der Waals surface area contributed by atoms with Crippen molar-refractivity contribution in [1.29, 1.82) is 0 Å². The second kappa shape index (κ2) is 7.53. The zero-order valence-electron chi connectivity index (χ0n) is 11.7. The van der Waals surface area contributed by atoms with Crippen molar-refractivity contribution in [3.05, 3.63) is 56.7 Å². The number of carbonyl (C=O) groups excluding carboxylic acids is 2. The van der Waals surface area contributed by atoms with E-state index in [0.29, 0.717) is 6.04 Å². The standard InChI is InChI=1S/C15H16ClNS.CO2/c1-11(13-4-2-3-5-14(13)16)17-8-6-15-12(10-17)7-9-18-15;2-1-3/h2-5,7,9,11H,6,8,10H2,1H3;/t11-;/m0./s1. The number of rotatable bonds is 2. The van der Waals surface area contributed by atoms with Crippen LogP contribution in [0.1, 0.15) is 29.0 Å². The van der Waals surface area contributed by atoms with Gasteiger partial charge in [0, 0.05) is 29.0 Å². The molecule has 0 bridgehead atoms. The SMILES string of the molecule is C[C@@H](c1ccccc1Cl)N1CCc2sccc2C1.O=C=O. The lowest BCUT2D eigenvalue weighted by Crippen LogP contribution is -2.32. The molecule has 0 fully saturated rings. The molecule has 21 heavy (non-hydrogen) atoms. The molecule has 2 aromatic rings. The van der Waals surface area contributed by atoms with Gasteiger partial charge >= 0.3 is 6.15 Å². The van der Waals surface area contributed by atoms with Gasteiger partial charge in [-0.05, 0) is 42.0 Å². The third-order valence-electron chi connectivity index (χ3n) is 3.74. The van der Waals surface area contributed by atoms with E-state index in [2.05, 4.69) is 35.4 Å². The molecule has 0 aliphatic carbocycles. The van der Waals surface area contributed by atoms with Crippen molar-refractivity contribution < 1.29 is 9.59 Å². The first-order chi connectivity index (χ1) is 10.2. The first-order valence-corrected chi connectivity index (χ1v) is 7.96. The number of nitrogens with zero attached hydrogens (tertiary/aromatic N) is 1. The van der Waals surface area contributed by atoms with Gasteiger partial charge in [0.15, 0.2) is 0 Å². The predicted molar refractivity (Wildman–Crippen MR) is 83.3 cm³/mol. The monoisotopic (exact) mass is 321 g/mol. The molecular weight excluding hydrogens is 306 g/mol.